The van der Waals surface area contributed by atoms with Crippen LogP contribution in [0.1, 0.15) is 87.1 Å². The second-order valence-corrected chi connectivity index (χ2v) is 9.08. The summed E-state index contributed by atoms with van der Waals surface area (Å²) in [4.78, 5) is 29.2. The van der Waals surface area contributed by atoms with E-state index in [2.05, 4.69) is 24.1 Å². The van der Waals surface area contributed by atoms with E-state index in [4.69, 9.17) is 0 Å². The summed E-state index contributed by atoms with van der Waals surface area (Å²) < 4.78 is 0. The predicted octanol–water partition coefficient (Wildman–Crippen LogP) is 4.25. The number of carbonyl (C=O) groups is 2. The molecule has 2 amide bonds. The van der Waals surface area contributed by atoms with Gasteiger partial charge in [-0.1, -0.05) is 57.7 Å². The fourth-order valence-electron chi connectivity index (χ4n) is 5.70. The zero-order chi connectivity index (χ0) is 19.0. The average Bonchev–Trinajstić information content (AvgIpc) is 3.33. The van der Waals surface area contributed by atoms with Gasteiger partial charge in [0.1, 0.15) is 0 Å². The van der Waals surface area contributed by atoms with Gasteiger partial charge in [-0.3, -0.25) is 9.59 Å². The summed E-state index contributed by atoms with van der Waals surface area (Å²) in [5.74, 6) is 0.439. The second kappa shape index (κ2) is 7.29. The first-order valence-corrected chi connectivity index (χ1v) is 10.7. The fraction of sp³-hybridized carbons (Fsp3) is 0.652. The first kappa shape index (κ1) is 18.5. The first-order chi connectivity index (χ1) is 13.0. The van der Waals surface area contributed by atoms with Crippen molar-refractivity contribution in [2.24, 2.45) is 5.92 Å². The Morgan fingerprint density at radius 1 is 1.15 bits per heavy atom. The number of hydrogen-bond donors (Lipinski definition) is 1. The van der Waals surface area contributed by atoms with E-state index in [0.29, 0.717) is 18.5 Å². The maximum Gasteiger partial charge on any atom is 0.254 e. The lowest BCUT2D eigenvalue weighted by atomic mass is 9.70. The molecule has 3 aliphatic rings. The van der Waals surface area contributed by atoms with Gasteiger partial charge in [-0.25, -0.2) is 0 Å². The molecule has 1 N–H and O–H groups in total. The van der Waals surface area contributed by atoms with E-state index in [0.717, 1.165) is 49.7 Å². The predicted molar refractivity (Wildman–Crippen MR) is 107 cm³/mol. The number of benzene rings is 1. The van der Waals surface area contributed by atoms with Gasteiger partial charge >= 0.3 is 0 Å². The van der Waals surface area contributed by atoms with Crippen LogP contribution in [0, 0.1) is 5.92 Å². The van der Waals surface area contributed by atoms with E-state index < -0.39 is 0 Å². The Labute approximate surface area is 162 Å². The highest BCUT2D eigenvalue weighted by atomic mass is 16.2. The number of amides is 2. The third kappa shape index (κ3) is 3.07. The molecule has 1 aromatic rings. The first-order valence-electron chi connectivity index (χ1n) is 10.7. The molecule has 1 heterocycles. The molecule has 0 radical (unpaired) electrons. The summed E-state index contributed by atoms with van der Waals surface area (Å²) in [6.07, 6.45) is 8.64. The summed E-state index contributed by atoms with van der Waals surface area (Å²) in [7, 11) is 0. The van der Waals surface area contributed by atoms with Crippen molar-refractivity contribution in [1.29, 1.82) is 0 Å². The molecule has 0 unspecified atom stereocenters. The molecule has 1 spiro atoms. The van der Waals surface area contributed by atoms with Crippen LogP contribution in [0.25, 0.3) is 0 Å². The van der Waals surface area contributed by atoms with Crippen LogP contribution in [0.15, 0.2) is 24.3 Å². The third-order valence-corrected chi connectivity index (χ3v) is 6.84. The van der Waals surface area contributed by atoms with E-state index in [1.807, 2.05) is 24.3 Å². The standard InChI is InChI=1S/C23H32N2O2/c1-16(2)15-24-21(26)20-18-11-5-6-12-19(18)22(27)25(17-9-3-4-10-17)23(20)13-7-8-14-23/h5-6,11-12,16-17,20H,3-4,7-10,13-15H2,1-2H3,(H,24,26)/t20-/m1/s1. The Morgan fingerprint density at radius 3 is 2.48 bits per heavy atom. The average molecular weight is 369 g/mol. The zero-order valence-corrected chi connectivity index (χ0v) is 16.7. The molecular weight excluding hydrogens is 336 g/mol. The van der Waals surface area contributed by atoms with Gasteiger partial charge in [-0.05, 0) is 43.2 Å². The van der Waals surface area contributed by atoms with Gasteiger partial charge in [0.2, 0.25) is 5.91 Å². The third-order valence-electron chi connectivity index (χ3n) is 6.84. The Kier molecular flexibility index (Phi) is 5.00. The van der Waals surface area contributed by atoms with Crippen molar-refractivity contribution in [1.82, 2.24) is 10.2 Å². The van der Waals surface area contributed by atoms with Crippen molar-refractivity contribution in [2.75, 3.05) is 6.54 Å². The molecule has 27 heavy (non-hydrogen) atoms. The van der Waals surface area contributed by atoms with E-state index >= 15 is 0 Å². The maximum absolute atomic E-state index is 13.6. The Hall–Kier alpha value is -1.84. The minimum absolute atomic E-state index is 0.105. The number of rotatable bonds is 4. The van der Waals surface area contributed by atoms with Gasteiger partial charge in [0, 0.05) is 18.2 Å². The molecule has 0 aromatic heterocycles. The largest absolute Gasteiger partial charge is 0.355 e. The van der Waals surface area contributed by atoms with Gasteiger partial charge in [0.15, 0.2) is 0 Å². The van der Waals surface area contributed by atoms with Crippen LogP contribution in [0.4, 0.5) is 0 Å². The smallest absolute Gasteiger partial charge is 0.254 e. The summed E-state index contributed by atoms with van der Waals surface area (Å²) in [5.41, 5.74) is 1.35. The molecule has 1 aromatic carbocycles. The fourth-order valence-corrected chi connectivity index (χ4v) is 5.70. The number of nitrogens with one attached hydrogen (secondary N) is 1. The molecule has 2 aliphatic carbocycles. The second-order valence-electron chi connectivity index (χ2n) is 9.08. The monoisotopic (exact) mass is 368 g/mol. The molecule has 1 aliphatic heterocycles. The number of nitrogens with zero attached hydrogens (tertiary/aromatic N) is 1. The van der Waals surface area contributed by atoms with E-state index in [1.165, 1.54) is 12.8 Å². The number of carbonyl (C=O) groups excluding carboxylic acids is 2. The van der Waals surface area contributed by atoms with Crippen LogP contribution in [0.3, 0.4) is 0 Å². The van der Waals surface area contributed by atoms with Crippen molar-refractivity contribution in [3.05, 3.63) is 35.4 Å². The molecule has 146 valence electrons. The lowest BCUT2D eigenvalue weighted by Gasteiger charge is -2.52. The van der Waals surface area contributed by atoms with Gasteiger partial charge < -0.3 is 10.2 Å². The zero-order valence-electron chi connectivity index (χ0n) is 16.7. The lowest BCUT2D eigenvalue weighted by molar-refractivity contribution is -0.127. The van der Waals surface area contributed by atoms with Crippen LogP contribution in [-0.4, -0.2) is 34.8 Å². The van der Waals surface area contributed by atoms with Gasteiger partial charge in [-0.15, -0.1) is 0 Å². The summed E-state index contributed by atoms with van der Waals surface area (Å²) in [6.45, 7) is 4.93. The summed E-state index contributed by atoms with van der Waals surface area (Å²) >= 11 is 0. The minimum atomic E-state index is -0.332. The number of hydrogen-bond acceptors (Lipinski definition) is 2. The Bertz CT molecular complexity index is 715. The molecule has 1 atom stereocenters. The van der Waals surface area contributed by atoms with Gasteiger partial charge in [-0.2, -0.15) is 0 Å². The van der Waals surface area contributed by atoms with Crippen LogP contribution in [-0.2, 0) is 4.79 Å². The van der Waals surface area contributed by atoms with Crippen molar-refractivity contribution in [3.8, 4) is 0 Å². The van der Waals surface area contributed by atoms with Gasteiger partial charge in [0.25, 0.3) is 5.91 Å². The summed E-state index contributed by atoms with van der Waals surface area (Å²) in [6, 6.07) is 8.13. The normalized spacial score (nSPS) is 24.6. The highest BCUT2D eigenvalue weighted by Gasteiger charge is 2.57. The highest BCUT2D eigenvalue weighted by Crippen LogP contribution is 2.52. The van der Waals surface area contributed by atoms with Crippen LogP contribution in [0.5, 0.6) is 0 Å². The van der Waals surface area contributed by atoms with Crippen molar-refractivity contribution >= 4 is 11.8 Å². The van der Waals surface area contributed by atoms with Crippen molar-refractivity contribution in [2.45, 2.75) is 82.7 Å². The lowest BCUT2D eigenvalue weighted by Crippen LogP contribution is -2.63. The van der Waals surface area contributed by atoms with Crippen LogP contribution in [0.2, 0.25) is 0 Å². The highest BCUT2D eigenvalue weighted by molar-refractivity contribution is 6.02. The van der Waals surface area contributed by atoms with Gasteiger partial charge in [0.05, 0.1) is 11.5 Å². The van der Waals surface area contributed by atoms with Crippen LogP contribution < -0.4 is 5.32 Å². The molecule has 4 nitrogen and oxygen atoms in total. The minimum Gasteiger partial charge on any atom is -0.355 e. The summed E-state index contributed by atoms with van der Waals surface area (Å²) in [5, 5.41) is 3.19. The molecule has 2 fully saturated rings. The van der Waals surface area contributed by atoms with Crippen molar-refractivity contribution in [3.63, 3.8) is 0 Å². The number of fused-ring (bicyclic) bond motifs is 1. The quantitative estimate of drug-likeness (QED) is 0.863. The Morgan fingerprint density at radius 2 is 1.81 bits per heavy atom. The van der Waals surface area contributed by atoms with E-state index in [1.54, 1.807) is 0 Å². The molecule has 4 heteroatoms. The van der Waals surface area contributed by atoms with Crippen molar-refractivity contribution < 1.29 is 9.59 Å². The van der Waals surface area contributed by atoms with E-state index in [-0.39, 0.29) is 23.3 Å². The maximum atomic E-state index is 13.6. The molecule has 2 saturated carbocycles. The Balaban J connectivity index is 1.81. The molecule has 0 bridgehead atoms. The van der Waals surface area contributed by atoms with E-state index in [9.17, 15) is 9.59 Å². The topological polar surface area (TPSA) is 49.4 Å². The molecule has 0 saturated heterocycles. The SMILES string of the molecule is CC(C)CNC(=O)[C@H]1c2ccccc2C(=O)N(C2CCCC2)C12CCCC2. The van der Waals surface area contributed by atoms with Crippen LogP contribution >= 0.6 is 0 Å². The molecular formula is C23H32N2O2. The molecule has 4 rings (SSSR count).